The number of aromatic amines is 1. The van der Waals surface area contributed by atoms with E-state index in [1.54, 1.807) is 13.8 Å². The second-order valence-electron chi connectivity index (χ2n) is 6.39. The van der Waals surface area contributed by atoms with Gasteiger partial charge in [-0.05, 0) is 25.5 Å². The van der Waals surface area contributed by atoms with Crippen molar-refractivity contribution in [3.8, 4) is 6.07 Å². The summed E-state index contributed by atoms with van der Waals surface area (Å²) in [7, 11) is 0. The quantitative estimate of drug-likeness (QED) is 0.334. The van der Waals surface area contributed by atoms with E-state index in [1.165, 1.54) is 0 Å². The lowest BCUT2D eigenvalue weighted by Crippen LogP contribution is -2.14. The number of hydrogen-bond donors (Lipinski definition) is 2. The number of rotatable bonds is 6. The first-order valence-electron chi connectivity index (χ1n) is 9.26. The molecule has 0 saturated heterocycles. The molecule has 4 aromatic rings. The molecule has 31 heavy (non-hydrogen) atoms. The van der Waals surface area contributed by atoms with Crippen LogP contribution in [0, 0.1) is 18.3 Å². The Balaban J connectivity index is 1.47. The highest BCUT2D eigenvalue weighted by molar-refractivity contribution is 7.99. The van der Waals surface area contributed by atoms with E-state index in [4.69, 9.17) is 4.74 Å². The zero-order chi connectivity index (χ0) is 22.0. The molecule has 11 heteroatoms. The van der Waals surface area contributed by atoms with E-state index < -0.39 is 5.97 Å². The number of nitrogens with zero attached hydrogens (tertiary/aromatic N) is 4. The first kappa shape index (κ1) is 20.8. The number of H-pyrrole nitrogens is 1. The van der Waals surface area contributed by atoms with Gasteiger partial charge in [-0.2, -0.15) is 5.26 Å². The fourth-order valence-corrected chi connectivity index (χ4v) is 4.64. The van der Waals surface area contributed by atoms with Gasteiger partial charge >= 0.3 is 5.97 Å². The van der Waals surface area contributed by atoms with Crippen molar-refractivity contribution in [1.82, 2.24) is 20.2 Å². The molecule has 3 heterocycles. The normalized spacial score (nSPS) is 10.9. The van der Waals surface area contributed by atoms with E-state index in [-0.39, 0.29) is 23.8 Å². The SMILES string of the molecule is CCOC(=O)c1sc(NC(=O)CSc2nnc3c(n2)[nH]c2ccccc23)c(C#N)c1C. The molecule has 0 saturated carbocycles. The van der Waals surface area contributed by atoms with Crippen molar-refractivity contribution in [2.24, 2.45) is 0 Å². The fourth-order valence-electron chi connectivity index (χ4n) is 2.99. The van der Waals surface area contributed by atoms with Crippen LogP contribution in [0.4, 0.5) is 5.00 Å². The summed E-state index contributed by atoms with van der Waals surface area (Å²) in [4.78, 5) is 32.4. The Morgan fingerprint density at radius 2 is 2.13 bits per heavy atom. The summed E-state index contributed by atoms with van der Waals surface area (Å²) in [5.74, 6) is -0.842. The molecular weight excluding hydrogens is 436 g/mol. The van der Waals surface area contributed by atoms with Gasteiger partial charge in [-0.25, -0.2) is 9.78 Å². The second-order valence-corrected chi connectivity index (χ2v) is 8.35. The molecule has 0 bridgehead atoms. The third kappa shape index (κ3) is 4.08. The fraction of sp³-hybridized carbons (Fsp3) is 0.200. The Hall–Kier alpha value is -3.49. The summed E-state index contributed by atoms with van der Waals surface area (Å²) in [6, 6.07) is 9.73. The number of carbonyl (C=O) groups excluding carboxylic acids is 2. The van der Waals surface area contributed by atoms with Crippen LogP contribution in [0.2, 0.25) is 0 Å². The number of carbonyl (C=O) groups is 2. The van der Waals surface area contributed by atoms with Crippen molar-refractivity contribution in [1.29, 1.82) is 5.26 Å². The largest absolute Gasteiger partial charge is 0.462 e. The molecule has 0 spiro atoms. The van der Waals surface area contributed by atoms with E-state index in [2.05, 4.69) is 25.5 Å². The molecule has 3 aromatic heterocycles. The Labute approximate surface area is 184 Å². The van der Waals surface area contributed by atoms with E-state index >= 15 is 0 Å². The van der Waals surface area contributed by atoms with Crippen LogP contribution >= 0.6 is 23.1 Å². The van der Waals surface area contributed by atoms with Crippen molar-refractivity contribution in [3.63, 3.8) is 0 Å². The molecule has 1 amide bonds. The van der Waals surface area contributed by atoms with Crippen molar-refractivity contribution in [2.75, 3.05) is 17.7 Å². The summed E-state index contributed by atoms with van der Waals surface area (Å²) < 4.78 is 5.01. The molecule has 0 aliphatic carbocycles. The highest BCUT2D eigenvalue weighted by Gasteiger charge is 2.22. The number of anilines is 1. The second kappa shape index (κ2) is 8.71. The van der Waals surface area contributed by atoms with Crippen molar-refractivity contribution < 1.29 is 14.3 Å². The molecular formula is C20H16N6O3S2. The maximum Gasteiger partial charge on any atom is 0.348 e. The van der Waals surface area contributed by atoms with Crippen LogP contribution in [0.25, 0.3) is 22.1 Å². The van der Waals surface area contributed by atoms with E-state index in [1.807, 2.05) is 30.3 Å². The number of aromatic nitrogens is 4. The predicted octanol–water partition coefficient (Wildman–Crippen LogP) is 3.66. The van der Waals surface area contributed by atoms with Crippen LogP contribution in [-0.4, -0.2) is 44.4 Å². The van der Waals surface area contributed by atoms with Crippen molar-refractivity contribution in [2.45, 2.75) is 19.0 Å². The first-order valence-corrected chi connectivity index (χ1v) is 11.1. The number of ether oxygens (including phenoxy) is 1. The van der Waals surface area contributed by atoms with Gasteiger partial charge in [0, 0.05) is 10.9 Å². The Bertz CT molecular complexity index is 1350. The molecule has 0 aliphatic heterocycles. The van der Waals surface area contributed by atoms with Crippen molar-refractivity contribution in [3.05, 3.63) is 40.3 Å². The third-order valence-electron chi connectivity index (χ3n) is 4.41. The lowest BCUT2D eigenvalue weighted by atomic mass is 10.2. The summed E-state index contributed by atoms with van der Waals surface area (Å²) in [5.41, 5.74) is 2.92. The highest BCUT2D eigenvalue weighted by atomic mass is 32.2. The minimum absolute atomic E-state index is 0.0178. The predicted molar refractivity (Wildman–Crippen MR) is 118 cm³/mol. The third-order valence-corrected chi connectivity index (χ3v) is 6.43. The summed E-state index contributed by atoms with van der Waals surface area (Å²) >= 11 is 2.15. The van der Waals surface area contributed by atoms with Crippen LogP contribution in [0.3, 0.4) is 0 Å². The highest BCUT2D eigenvalue weighted by Crippen LogP contribution is 2.33. The van der Waals surface area contributed by atoms with Crippen LogP contribution < -0.4 is 5.32 Å². The standard InChI is InChI=1S/C20H16N6O3S2/c1-3-29-19(28)16-10(2)12(8-21)18(31-16)23-14(27)9-30-20-24-17-15(25-26-20)11-6-4-5-7-13(11)22-17/h4-7H,3,9H2,1-2H3,(H,23,27)(H,22,24,26). The molecule has 0 unspecified atom stereocenters. The minimum Gasteiger partial charge on any atom is -0.462 e. The molecule has 156 valence electrons. The molecule has 1 aromatic carbocycles. The molecule has 0 radical (unpaired) electrons. The van der Waals surface area contributed by atoms with Crippen LogP contribution in [-0.2, 0) is 9.53 Å². The average Bonchev–Trinajstić information content (AvgIpc) is 3.29. The number of esters is 1. The zero-order valence-corrected chi connectivity index (χ0v) is 18.2. The molecule has 0 fully saturated rings. The van der Waals surface area contributed by atoms with Gasteiger partial charge in [-0.3, -0.25) is 4.79 Å². The van der Waals surface area contributed by atoms with Gasteiger partial charge in [-0.15, -0.1) is 21.5 Å². The van der Waals surface area contributed by atoms with Gasteiger partial charge in [0.15, 0.2) is 5.65 Å². The lowest BCUT2D eigenvalue weighted by molar-refractivity contribution is -0.113. The Morgan fingerprint density at radius 1 is 1.32 bits per heavy atom. The lowest BCUT2D eigenvalue weighted by Gasteiger charge is -2.02. The summed E-state index contributed by atoms with van der Waals surface area (Å²) in [6.07, 6.45) is 0. The van der Waals surface area contributed by atoms with Gasteiger partial charge in [0.2, 0.25) is 11.1 Å². The number of benzene rings is 1. The summed E-state index contributed by atoms with van der Waals surface area (Å²) in [6.45, 7) is 3.59. The molecule has 0 atom stereocenters. The maximum absolute atomic E-state index is 12.4. The van der Waals surface area contributed by atoms with Gasteiger partial charge in [0.25, 0.3) is 0 Å². The average molecular weight is 453 g/mol. The van der Waals surface area contributed by atoms with Gasteiger partial charge in [0.1, 0.15) is 21.5 Å². The number of fused-ring (bicyclic) bond motifs is 3. The number of amides is 1. The Kier molecular flexibility index (Phi) is 5.83. The monoisotopic (exact) mass is 452 g/mol. The van der Waals surface area contributed by atoms with Crippen LogP contribution in [0.1, 0.15) is 27.7 Å². The van der Waals surface area contributed by atoms with Gasteiger partial charge in [-0.1, -0.05) is 30.0 Å². The van der Waals surface area contributed by atoms with E-state index in [0.29, 0.717) is 31.8 Å². The van der Waals surface area contributed by atoms with Crippen molar-refractivity contribution >= 4 is 62.0 Å². The van der Waals surface area contributed by atoms with Crippen LogP contribution in [0.15, 0.2) is 29.4 Å². The zero-order valence-electron chi connectivity index (χ0n) is 16.6. The van der Waals surface area contributed by atoms with E-state index in [9.17, 15) is 14.9 Å². The van der Waals surface area contributed by atoms with Gasteiger partial charge < -0.3 is 15.0 Å². The number of nitriles is 1. The minimum atomic E-state index is -0.512. The number of thiophene rings is 1. The topological polar surface area (TPSA) is 134 Å². The number of hydrogen-bond acceptors (Lipinski definition) is 9. The summed E-state index contributed by atoms with van der Waals surface area (Å²) in [5, 5.41) is 22.0. The molecule has 0 aliphatic rings. The number of nitrogens with one attached hydrogen (secondary N) is 2. The smallest absolute Gasteiger partial charge is 0.348 e. The Morgan fingerprint density at radius 3 is 2.90 bits per heavy atom. The maximum atomic E-state index is 12.4. The van der Waals surface area contributed by atoms with E-state index in [0.717, 1.165) is 34.0 Å². The van der Waals surface area contributed by atoms with Crippen LogP contribution in [0.5, 0.6) is 0 Å². The number of para-hydroxylation sites is 1. The first-order chi connectivity index (χ1) is 15.0. The molecule has 4 rings (SSSR count). The molecule has 2 N–H and O–H groups in total. The number of thioether (sulfide) groups is 1. The molecule has 9 nitrogen and oxygen atoms in total. The van der Waals surface area contributed by atoms with Gasteiger partial charge in [0.05, 0.1) is 17.9 Å².